The Morgan fingerprint density at radius 2 is 0.906 bits per heavy atom. The van der Waals surface area contributed by atoms with E-state index in [1.54, 1.807) is 0 Å². The molecule has 0 radical (unpaired) electrons. The highest BCUT2D eigenvalue weighted by atomic mass is 19.2. The molecule has 0 aliphatic heterocycles. The number of hydrogen-bond donors (Lipinski definition) is 0. The van der Waals surface area contributed by atoms with Gasteiger partial charge in [-0.15, -0.1) is 0 Å². The highest BCUT2D eigenvalue weighted by Crippen LogP contribution is 2.24. The molecular weight excluding hydrogens is 450 g/mol. The molecule has 3 aromatic carbocycles. The first-order valence-electron chi connectivity index (χ1n) is 8.91. The van der Waals surface area contributed by atoms with Gasteiger partial charge < -0.3 is 4.74 Å². The SMILES string of the molecule is COc1c(F)cc(F)c(B(c2c(F)cc(C)c(F)c2F)c2c(F)cc(C)c(F)c2F)c1F. The molecule has 3 aromatic rings. The number of aryl methyl sites for hydroxylation is 2. The van der Waals surface area contributed by atoms with E-state index in [0.29, 0.717) is 12.1 Å². The minimum Gasteiger partial charge on any atom is -0.491 e. The van der Waals surface area contributed by atoms with Crippen LogP contribution in [-0.4, -0.2) is 13.8 Å². The average Bonchev–Trinajstić information content (AvgIpc) is 2.70. The van der Waals surface area contributed by atoms with Crippen LogP contribution in [0, 0.1) is 66.2 Å². The molecule has 0 unspecified atom stereocenters. The predicted molar refractivity (Wildman–Crippen MR) is 99.6 cm³/mol. The quantitative estimate of drug-likeness (QED) is 0.323. The molecule has 0 atom stereocenters. The fraction of sp³-hybridized carbons (Fsp3) is 0.143. The molecule has 0 aromatic heterocycles. The molecule has 0 bridgehead atoms. The first kappa shape index (κ1) is 23.6. The Balaban J connectivity index is 2.57. The maximum atomic E-state index is 15.0. The van der Waals surface area contributed by atoms with Gasteiger partial charge in [-0.05, 0) is 37.1 Å². The van der Waals surface area contributed by atoms with Gasteiger partial charge in [0.2, 0.25) is 0 Å². The van der Waals surface area contributed by atoms with E-state index in [1.165, 1.54) is 0 Å². The Labute approximate surface area is 176 Å². The number of rotatable bonds is 4. The Kier molecular flexibility index (Phi) is 6.21. The van der Waals surface area contributed by atoms with Gasteiger partial charge in [0, 0.05) is 22.5 Å². The molecule has 0 heterocycles. The van der Waals surface area contributed by atoms with Crippen molar-refractivity contribution in [3.05, 3.63) is 81.7 Å². The number of methoxy groups -OCH3 is 1. The second-order valence-corrected chi connectivity index (χ2v) is 6.97. The summed E-state index contributed by atoms with van der Waals surface area (Å²) in [6.07, 6.45) is 0. The second-order valence-electron chi connectivity index (χ2n) is 6.97. The second kappa shape index (κ2) is 8.44. The molecule has 0 aliphatic carbocycles. The van der Waals surface area contributed by atoms with Gasteiger partial charge in [-0.3, -0.25) is 0 Å². The van der Waals surface area contributed by atoms with Gasteiger partial charge in [0.15, 0.2) is 40.7 Å². The van der Waals surface area contributed by atoms with E-state index < -0.39 is 92.3 Å². The lowest BCUT2D eigenvalue weighted by molar-refractivity contribution is 0.358. The minimum absolute atomic E-state index is 0.0466. The van der Waals surface area contributed by atoms with Crippen LogP contribution in [0.3, 0.4) is 0 Å². The first-order valence-corrected chi connectivity index (χ1v) is 8.91. The van der Waals surface area contributed by atoms with Gasteiger partial charge in [-0.2, -0.15) is 0 Å². The average molecular weight is 462 g/mol. The molecule has 11 heteroatoms. The van der Waals surface area contributed by atoms with Crippen LogP contribution < -0.4 is 21.1 Å². The third kappa shape index (κ3) is 3.59. The van der Waals surface area contributed by atoms with Gasteiger partial charge in [0.05, 0.1) is 7.11 Å². The topological polar surface area (TPSA) is 9.23 Å². The zero-order valence-electron chi connectivity index (χ0n) is 16.6. The summed E-state index contributed by atoms with van der Waals surface area (Å²) in [7, 11) is 0.775. The van der Waals surface area contributed by atoms with Crippen molar-refractivity contribution in [2.45, 2.75) is 13.8 Å². The molecule has 32 heavy (non-hydrogen) atoms. The van der Waals surface area contributed by atoms with E-state index in [4.69, 9.17) is 0 Å². The molecule has 0 aliphatic rings. The van der Waals surface area contributed by atoms with Crippen LogP contribution in [0.4, 0.5) is 39.5 Å². The van der Waals surface area contributed by atoms with Crippen LogP contribution in [0.2, 0.25) is 0 Å². The Morgan fingerprint density at radius 3 is 1.31 bits per heavy atom. The van der Waals surface area contributed by atoms with E-state index in [0.717, 1.165) is 21.0 Å². The molecule has 1 nitrogen and oxygen atoms in total. The van der Waals surface area contributed by atoms with Crippen LogP contribution in [-0.2, 0) is 0 Å². The van der Waals surface area contributed by atoms with Crippen LogP contribution >= 0.6 is 0 Å². The van der Waals surface area contributed by atoms with Gasteiger partial charge in [0.25, 0.3) is 6.71 Å². The third-order valence-corrected chi connectivity index (χ3v) is 4.99. The number of ether oxygens (including phenoxy) is 1. The highest BCUT2D eigenvalue weighted by Gasteiger charge is 2.41. The van der Waals surface area contributed by atoms with Crippen LogP contribution in [0.15, 0.2) is 18.2 Å². The van der Waals surface area contributed by atoms with Crippen LogP contribution in [0.25, 0.3) is 0 Å². The Morgan fingerprint density at radius 1 is 0.531 bits per heavy atom. The van der Waals surface area contributed by atoms with Crippen molar-refractivity contribution < 1.29 is 44.3 Å². The third-order valence-electron chi connectivity index (χ3n) is 4.99. The Hall–Kier alpha value is -3.11. The van der Waals surface area contributed by atoms with E-state index in [1.807, 2.05) is 0 Å². The van der Waals surface area contributed by atoms with E-state index in [2.05, 4.69) is 4.74 Å². The lowest BCUT2D eigenvalue weighted by Crippen LogP contribution is -2.59. The molecule has 0 saturated carbocycles. The van der Waals surface area contributed by atoms with Crippen molar-refractivity contribution in [2.24, 2.45) is 0 Å². The molecule has 0 amide bonds. The summed E-state index contributed by atoms with van der Waals surface area (Å²) in [6, 6.07) is 0.903. The summed E-state index contributed by atoms with van der Waals surface area (Å²) in [5, 5.41) is 0. The summed E-state index contributed by atoms with van der Waals surface area (Å²) in [4.78, 5) is 0. The van der Waals surface area contributed by atoms with Gasteiger partial charge in [-0.25, -0.2) is 39.5 Å². The molecule has 3 rings (SSSR count). The number of halogens is 9. The fourth-order valence-electron chi connectivity index (χ4n) is 3.46. The smallest absolute Gasteiger partial charge is 0.264 e. The lowest BCUT2D eigenvalue weighted by atomic mass is 9.36. The molecular formula is C21H12BF9O. The lowest BCUT2D eigenvalue weighted by Gasteiger charge is -2.21. The molecule has 0 N–H and O–H groups in total. The van der Waals surface area contributed by atoms with Gasteiger partial charge >= 0.3 is 0 Å². The number of hydrogen-bond acceptors (Lipinski definition) is 1. The van der Waals surface area contributed by atoms with Crippen molar-refractivity contribution in [3.63, 3.8) is 0 Å². The largest absolute Gasteiger partial charge is 0.491 e. The van der Waals surface area contributed by atoms with E-state index >= 15 is 4.39 Å². The summed E-state index contributed by atoms with van der Waals surface area (Å²) in [5.74, 6) is -17.2. The summed E-state index contributed by atoms with van der Waals surface area (Å²) in [5.41, 5.74) is -5.63. The maximum absolute atomic E-state index is 15.0. The first-order chi connectivity index (χ1) is 14.9. The van der Waals surface area contributed by atoms with Crippen molar-refractivity contribution in [1.29, 1.82) is 0 Å². The zero-order valence-corrected chi connectivity index (χ0v) is 16.6. The summed E-state index contributed by atoms with van der Waals surface area (Å²) in [6.45, 7) is -0.792. The van der Waals surface area contributed by atoms with Crippen molar-refractivity contribution in [1.82, 2.24) is 0 Å². The van der Waals surface area contributed by atoms with Crippen molar-refractivity contribution in [3.8, 4) is 5.75 Å². The number of benzene rings is 3. The molecule has 168 valence electrons. The van der Waals surface area contributed by atoms with E-state index in [9.17, 15) is 35.1 Å². The van der Waals surface area contributed by atoms with Crippen molar-refractivity contribution >= 4 is 23.1 Å². The minimum atomic E-state index is -2.73. The predicted octanol–water partition coefficient (Wildman–Crippen LogP) is 4.08. The fourth-order valence-corrected chi connectivity index (χ4v) is 3.46. The summed E-state index contributed by atoms with van der Waals surface area (Å²) >= 11 is 0. The van der Waals surface area contributed by atoms with Crippen LogP contribution in [0.5, 0.6) is 5.75 Å². The van der Waals surface area contributed by atoms with E-state index in [-0.39, 0.29) is 6.07 Å². The van der Waals surface area contributed by atoms with Crippen LogP contribution in [0.1, 0.15) is 11.1 Å². The molecule has 0 saturated heterocycles. The van der Waals surface area contributed by atoms with Gasteiger partial charge in [-0.1, -0.05) is 0 Å². The molecule has 0 spiro atoms. The van der Waals surface area contributed by atoms with Crippen molar-refractivity contribution in [2.75, 3.05) is 7.11 Å². The Bertz CT molecular complexity index is 1180. The standard InChI is InChI=1S/C21H12BF9O/c1-7-4-9(23)13(18(29)16(7)27)22(14-10(24)5-8(2)17(28)19(14)30)15-11(25)6-12(26)21(32-3)20(15)31/h4-6H,1-3H3. The molecule has 0 fully saturated rings. The summed E-state index contributed by atoms with van der Waals surface area (Å²) < 4.78 is 136. The highest BCUT2D eigenvalue weighted by molar-refractivity contribution is 6.95. The van der Waals surface area contributed by atoms with Gasteiger partial charge in [0.1, 0.15) is 17.5 Å². The monoisotopic (exact) mass is 462 g/mol. The maximum Gasteiger partial charge on any atom is 0.264 e. The normalized spacial score (nSPS) is 11.1. The zero-order chi connectivity index (χ0) is 24.1.